The molecule has 2 rings (SSSR count). The van der Waals surface area contributed by atoms with Crippen molar-refractivity contribution in [2.24, 2.45) is 0 Å². The molecule has 0 unspecified atom stereocenters. The molecule has 0 aliphatic heterocycles. The predicted octanol–water partition coefficient (Wildman–Crippen LogP) is 7.28. The molecule has 0 amide bonds. The van der Waals surface area contributed by atoms with Gasteiger partial charge in [0, 0.05) is 54.1 Å². The first-order chi connectivity index (χ1) is 19.8. The van der Waals surface area contributed by atoms with Gasteiger partial charge in [0.1, 0.15) is 11.5 Å². The van der Waals surface area contributed by atoms with Crippen LogP contribution in [0.5, 0.6) is 11.5 Å². The third kappa shape index (κ3) is 10.5. The summed E-state index contributed by atoms with van der Waals surface area (Å²) in [6, 6.07) is 8.01. The van der Waals surface area contributed by atoms with Gasteiger partial charge in [0.2, 0.25) is 0 Å². The van der Waals surface area contributed by atoms with Crippen LogP contribution in [-0.4, -0.2) is 72.0 Å². The van der Waals surface area contributed by atoms with Crippen LogP contribution < -0.4 is 20.1 Å². The van der Waals surface area contributed by atoms with E-state index in [2.05, 4.69) is 60.1 Å². The number of hydrogen-bond acceptors (Lipinski definition) is 7. The average Bonchev–Trinajstić information content (AvgIpc) is 2.91. The minimum atomic E-state index is -1.22. The highest BCUT2D eigenvalue weighted by Crippen LogP contribution is 2.49. The molecule has 0 fully saturated rings. The van der Waals surface area contributed by atoms with E-state index in [4.69, 9.17) is 51.6 Å². The third-order valence-corrected chi connectivity index (χ3v) is 9.74. The van der Waals surface area contributed by atoms with E-state index in [9.17, 15) is 0 Å². The molecule has 0 aromatic heterocycles. The van der Waals surface area contributed by atoms with E-state index in [1.165, 1.54) is 0 Å². The Labute approximate surface area is 264 Å². The Hall–Kier alpha value is -1.15. The maximum Gasteiger partial charge on any atom is 0.189 e. The topological polar surface area (TPSA) is 58.6 Å². The Balaban J connectivity index is 2.86. The van der Waals surface area contributed by atoms with E-state index in [1.54, 1.807) is 14.2 Å². The fourth-order valence-corrected chi connectivity index (χ4v) is 7.74. The first-order valence-electron chi connectivity index (χ1n) is 14.4. The Kier molecular flexibility index (Phi) is 15.3. The minimum Gasteiger partial charge on any atom is -0.467 e. The molecule has 0 aliphatic rings. The Morgan fingerprint density at radius 3 is 1.33 bits per heavy atom. The van der Waals surface area contributed by atoms with Crippen LogP contribution in [0.15, 0.2) is 24.3 Å². The van der Waals surface area contributed by atoms with E-state index in [0.29, 0.717) is 36.5 Å². The van der Waals surface area contributed by atoms with Crippen molar-refractivity contribution in [1.29, 1.82) is 0 Å². The molecule has 0 aliphatic carbocycles. The second kappa shape index (κ2) is 17.4. The van der Waals surface area contributed by atoms with Crippen molar-refractivity contribution in [1.82, 2.24) is 4.67 Å². The molecule has 0 bridgehead atoms. The highest BCUT2D eigenvalue weighted by atomic mass is 35.5. The van der Waals surface area contributed by atoms with Gasteiger partial charge >= 0.3 is 0 Å². The quantitative estimate of drug-likeness (QED) is 0.102. The predicted molar refractivity (Wildman–Crippen MR) is 176 cm³/mol. The van der Waals surface area contributed by atoms with Gasteiger partial charge in [-0.2, -0.15) is 0 Å². The molecule has 2 aromatic carbocycles. The Morgan fingerprint density at radius 1 is 0.643 bits per heavy atom. The van der Waals surface area contributed by atoms with Gasteiger partial charge in [-0.15, -0.1) is 0 Å². The summed E-state index contributed by atoms with van der Waals surface area (Å²) in [6.07, 6.45) is 0. The molecule has 0 N–H and O–H groups in total. The summed E-state index contributed by atoms with van der Waals surface area (Å²) in [6.45, 7) is 20.9. The molecular weight excluding hydrogens is 596 g/mol. The van der Waals surface area contributed by atoms with E-state index in [-0.39, 0.29) is 24.4 Å². The van der Waals surface area contributed by atoms with Crippen molar-refractivity contribution < 1.29 is 28.4 Å². The van der Waals surface area contributed by atoms with Gasteiger partial charge in [-0.05, 0) is 48.2 Å². The number of ether oxygens (including phenoxy) is 6. The lowest BCUT2D eigenvalue weighted by atomic mass is 9.86. The fourth-order valence-electron chi connectivity index (χ4n) is 4.44. The zero-order valence-electron chi connectivity index (χ0n) is 27.1. The minimum absolute atomic E-state index is 0.0853. The van der Waals surface area contributed by atoms with Gasteiger partial charge in [-0.1, -0.05) is 78.6 Å². The van der Waals surface area contributed by atoms with Gasteiger partial charge in [0.15, 0.2) is 13.6 Å². The number of halogens is 2. The van der Waals surface area contributed by atoms with Gasteiger partial charge in [-0.3, -0.25) is 4.67 Å². The van der Waals surface area contributed by atoms with Gasteiger partial charge in [-0.25, -0.2) is 0 Å². The third-order valence-electron chi connectivity index (χ3n) is 6.59. The molecule has 0 radical (unpaired) electrons. The van der Waals surface area contributed by atoms with Crippen molar-refractivity contribution in [3.05, 3.63) is 45.4 Å². The molecule has 0 heterocycles. The van der Waals surface area contributed by atoms with Crippen LogP contribution in [0.25, 0.3) is 0 Å². The van der Waals surface area contributed by atoms with Gasteiger partial charge < -0.3 is 28.4 Å². The summed E-state index contributed by atoms with van der Waals surface area (Å²) in [5.41, 5.74) is 1.52. The smallest absolute Gasteiger partial charge is 0.189 e. The lowest BCUT2D eigenvalue weighted by molar-refractivity contribution is -0.00873. The summed E-state index contributed by atoms with van der Waals surface area (Å²) >= 11 is 13.7. The Bertz CT molecular complexity index is 1030. The van der Waals surface area contributed by atoms with Crippen molar-refractivity contribution in [3.8, 4) is 11.5 Å². The largest absolute Gasteiger partial charge is 0.467 e. The number of rotatable bonds is 17. The van der Waals surface area contributed by atoms with Gasteiger partial charge in [0.05, 0.1) is 26.4 Å². The molecule has 0 atom stereocenters. The van der Waals surface area contributed by atoms with Crippen molar-refractivity contribution in [2.45, 2.75) is 66.2 Å². The van der Waals surface area contributed by atoms with Crippen LogP contribution in [-0.2, 0) is 29.8 Å². The molecular formula is C32H50Cl2NO6P. The molecule has 7 nitrogen and oxygen atoms in total. The average molecular weight is 647 g/mol. The van der Waals surface area contributed by atoms with Crippen LogP contribution in [0.4, 0.5) is 0 Å². The highest BCUT2D eigenvalue weighted by Gasteiger charge is 2.34. The number of benzene rings is 2. The molecule has 238 valence electrons. The van der Waals surface area contributed by atoms with Crippen LogP contribution >= 0.6 is 31.3 Å². The summed E-state index contributed by atoms with van der Waals surface area (Å²) in [7, 11) is 2.08. The zero-order chi connectivity index (χ0) is 31.5. The van der Waals surface area contributed by atoms with Crippen molar-refractivity contribution >= 4 is 41.9 Å². The lowest BCUT2D eigenvalue weighted by Crippen LogP contribution is -2.33. The summed E-state index contributed by atoms with van der Waals surface area (Å²) < 4.78 is 37.2. The first-order valence-corrected chi connectivity index (χ1v) is 16.5. The molecule has 0 saturated heterocycles. The number of nitrogens with zero attached hydrogens (tertiary/aromatic N) is 1. The van der Waals surface area contributed by atoms with Crippen molar-refractivity contribution in [3.63, 3.8) is 0 Å². The number of hydrogen-bond donors (Lipinski definition) is 0. The second-order valence-corrected chi connectivity index (χ2v) is 14.9. The maximum atomic E-state index is 6.86. The lowest BCUT2D eigenvalue weighted by Gasteiger charge is -2.36. The first kappa shape index (κ1) is 37.0. The zero-order valence-corrected chi connectivity index (χ0v) is 29.5. The summed E-state index contributed by atoms with van der Waals surface area (Å²) in [5.74, 6) is 1.53. The molecule has 42 heavy (non-hydrogen) atoms. The molecule has 0 saturated carbocycles. The normalized spacial score (nSPS) is 12.4. The SMILES string of the molecule is CCN(CC)P(c1cc(Cl)cc(C(C)(C)C)c1OCOCCOC)c1cc(Cl)cc(C(C)(C)C)c1OCOCCOC. The van der Waals surface area contributed by atoms with E-state index >= 15 is 0 Å². The van der Waals surface area contributed by atoms with Crippen LogP contribution in [0, 0.1) is 0 Å². The summed E-state index contributed by atoms with van der Waals surface area (Å²) in [4.78, 5) is 0. The molecule has 2 aromatic rings. The van der Waals surface area contributed by atoms with E-state index in [1.807, 2.05) is 24.3 Å². The van der Waals surface area contributed by atoms with Gasteiger partial charge in [0.25, 0.3) is 0 Å². The highest BCUT2D eigenvalue weighted by molar-refractivity contribution is 7.71. The molecule has 0 spiro atoms. The number of methoxy groups -OCH3 is 2. The second-order valence-electron chi connectivity index (χ2n) is 11.9. The molecule has 10 heteroatoms. The van der Waals surface area contributed by atoms with E-state index in [0.717, 1.165) is 46.3 Å². The Morgan fingerprint density at radius 2 is 1.02 bits per heavy atom. The monoisotopic (exact) mass is 645 g/mol. The summed E-state index contributed by atoms with van der Waals surface area (Å²) in [5, 5.41) is 3.25. The van der Waals surface area contributed by atoms with E-state index < -0.39 is 8.07 Å². The van der Waals surface area contributed by atoms with Crippen LogP contribution in [0.2, 0.25) is 10.0 Å². The fraction of sp³-hybridized carbons (Fsp3) is 0.625. The standard InChI is InChI=1S/C32H50Cl2NO6P/c1-11-35(12-2)42(27-19-23(33)17-25(31(3,4)5)29(27)40-21-38-15-13-36-9)28-20-24(34)18-26(32(6,7)8)30(28)41-22-39-16-14-37-10/h17-20H,11-16,21-22H2,1-10H3. The maximum absolute atomic E-state index is 6.86. The van der Waals surface area contributed by atoms with Crippen LogP contribution in [0.1, 0.15) is 66.5 Å². The van der Waals surface area contributed by atoms with Crippen LogP contribution in [0.3, 0.4) is 0 Å². The van der Waals surface area contributed by atoms with Crippen molar-refractivity contribution in [2.75, 3.05) is 67.3 Å².